The monoisotopic (exact) mass is 375 g/mol. The van der Waals surface area contributed by atoms with Crippen molar-refractivity contribution in [3.05, 3.63) is 70.4 Å². The number of aromatic amines is 1. The molecule has 4 nitrogen and oxygen atoms in total. The van der Waals surface area contributed by atoms with Gasteiger partial charge in [-0.25, -0.2) is 0 Å². The van der Waals surface area contributed by atoms with Gasteiger partial charge < -0.3 is 9.88 Å². The molecule has 1 amide bonds. The summed E-state index contributed by atoms with van der Waals surface area (Å²) in [7, 11) is 0. The molecule has 1 aliphatic rings. The minimum absolute atomic E-state index is 0.116. The van der Waals surface area contributed by atoms with Gasteiger partial charge in [0.2, 0.25) is 0 Å². The van der Waals surface area contributed by atoms with Gasteiger partial charge in [0.1, 0.15) is 5.69 Å². The van der Waals surface area contributed by atoms with Crippen molar-refractivity contribution >= 4 is 16.8 Å². The van der Waals surface area contributed by atoms with E-state index in [9.17, 15) is 4.79 Å². The number of fused-ring (bicyclic) bond motifs is 1. The lowest BCUT2D eigenvalue weighted by Gasteiger charge is -2.21. The summed E-state index contributed by atoms with van der Waals surface area (Å²) in [5.74, 6) is 0.116. The third-order valence-corrected chi connectivity index (χ3v) is 5.72. The molecule has 0 radical (unpaired) electrons. The van der Waals surface area contributed by atoms with Gasteiger partial charge >= 0.3 is 0 Å². The van der Waals surface area contributed by atoms with E-state index in [1.165, 1.54) is 22.3 Å². The first-order chi connectivity index (χ1) is 13.5. The fraction of sp³-hybridized carbons (Fsp3) is 0.375. The molecular weight excluding hydrogens is 346 g/mol. The predicted molar refractivity (Wildman–Crippen MR) is 115 cm³/mol. The molecule has 2 aromatic carbocycles. The van der Waals surface area contributed by atoms with Crippen LogP contribution in [0.2, 0.25) is 0 Å². The average Bonchev–Trinajstić information content (AvgIpc) is 2.96. The van der Waals surface area contributed by atoms with Gasteiger partial charge in [-0.05, 0) is 56.0 Å². The fourth-order valence-corrected chi connectivity index (χ4v) is 4.17. The highest BCUT2D eigenvalue weighted by atomic mass is 16.2. The van der Waals surface area contributed by atoms with Crippen molar-refractivity contribution in [1.82, 2.24) is 14.8 Å². The van der Waals surface area contributed by atoms with Gasteiger partial charge in [-0.15, -0.1) is 0 Å². The first-order valence-electron chi connectivity index (χ1n) is 10.2. The molecule has 1 N–H and O–H groups in total. The molecule has 1 aliphatic heterocycles. The Bertz CT molecular complexity index is 987. The molecular formula is C24H29N3O. The van der Waals surface area contributed by atoms with Crippen molar-refractivity contribution in [2.45, 2.75) is 33.7 Å². The largest absolute Gasteiger partial charge is 0.351 e. The summed E-state index contributed by atoms with van der Waals surface area (Å²) in [6, 6.07) is 15.0. The van der Waals surface area contributed by atoms with E-state index < -0.39 is 0 Å². The number of rotatable bonds is 3. The molecule has 0 spiro atoms. The predicted octanol–water partition coefficient (Wildman–Crippen LogP) is 4.44. The summed E-state index contributed by atoms with van der Waals surface area (Å²) >= 11 is 0. The number of H-pyrrole nitrogens is 1. The third-order valence-electron chi connectivity index (χ3n) is 5.72. The van der Waals surface area contributed by atoms with Gasteiger partial charge in [0, 0.05) is 43.6 Å². The number of carbonyl (C=O) groups excluding carboxylic acids is 1. The fourth-order valence-electron chi connectivity index (χ4n) is 4.17. The second-order valence-corrected chi connectivity index (χ2v) is 8.13. The Morgan fingerprint density at radius 1 is 0.929 bits per heavy atom. The zero-order valence-electron chi connectivity index (χ0n) is 17.1. The van der Waals surface area contributed by atoms with Crippen molar-refractivity contribution in [3.8, 4) is 0 Å². The average molecular weight is 376 g/mol. The molecule has 0 aliphatic carbocycles. The molecule has 1 aromatic heterocycles. The maximum absolute atomic E-state index is 13.1. The van der Waals surface area contributed by atoms with Crippen molar-refractivity contribution in [2.24, 2.45) is 0 Å². The van der Waals surface area contributed by atoms with E-state index in [1.807, 2.05) is 11.0 Å². The molecule has 0 atom stereocenters. The third kappa shape index (κ3) is 3.97. The second kappa shape index (κ2) is 7.80. The Hall–Kier alpha value is -2.59. The van der Waals surface area contributed by atoms with Gasteiger partial charge in [0.25, 0.3) is 5.91 Å². The molecule has 146 valence electrons. The highest BCUT2D eigenvalue weighted by molar-refractivity contribution is 5.99. The number of benzene rings is 2. The molecule has 3 aromatic rings. The second-order valence-electron chi connectivity index (χ2n) is 8.13. The number of hydrogen-bond acceptors (Lipinski definition) is 2. The normalized spacial score (nSPS) is 15.8. The summed E-state index contributed by atoms with van der Waals surface area (Å²) < 4.78 is 0. The maximum atomic E-state index is 13.1. The van der Waals surface area contributed by atoms with Crippen LogP contribution >= 0.6 is 0 Å². The van der Waals surface area contributed by atoms with Crippen LogP contribution in [-0.2, 0) is 6.54 Å². The van der Waals surface area contributed by atoms with Gasteiger partial charge in [-0.3, -0.25) is 9.69 Å². The minimum atomic E-state index is 0.116. The van der Waals surface area contributed by atoms with E-state index in [0.29, 0.717) is 5.69 Å². The van der Waals surface area contributed by atoms with Crippen LogP contribution in [0.25, 0.3) is 10.9 Å². The van der Waals surface area contributed by atoms with Crippen LogP contribution in [0.4, 0.5) is 0 Å². The SMILES string of the molecule is Cc1ccc(CN2CCCN(C(=O)c3cc4c(C)cc(C)cc4[nH]3)CC2)cc1. The number of carbonyl (C=O) groups is 1. The zero-order valence-corrected chi connectivity index (χ0v) is 17.1. The van der Waals surface area contributed by atoms with Crippen LogP contribution in [0, 0.1) is 20.8 Å². The van der Waals surface area contributed by atoms with Gasteiger partial charge in [0.15, 0.2) is 0 Å². The lowest BCUT2D eigenvalue weighted by molar-refractivity contribution is 0.0756. The quantitative estimate of drug-likeness (QED) is 0.735. The Balaban J connectivity index is 1.44. The van der Waals surface area contributed by atoms with E-state index in [4.69, 9.17) is 0 Å². The molecule has 4 heteroatoms. The number of nitrogens with zero attached hydrogens (tertiary/aromatic N) is 2. The Kier molecular flexibility index (Phi) is 5.23. The van der Waals surface area contributed by atoms with Crippen molar-refractivity contribution in [2.75, 3.05) is 26.2 Å². The van der Waals surface area contributed by atoms with Crippen LogP contribution in [0.1, 0.15) is 39.2 Å². The van der Waals surface area contributed by atoms with Gasteiger partial charge in [-0.2, -0.15) is 0 Å². The maximum Gasteiger partial charge on any atom is 0.270 e. The van der Waals surface area contributed by atoms with Crippen molar-refractivity contribution < 1.29 is 4.79 Å². The number of nitrogens with one attached hydrogen (secondary N) is 1. The minimum Gasteiger partial charge on any atom is -0.351 e. The summed E-state index contributed by atoms with van der Waals surface area (Å²) in [5, 5.41) is 1.14. The van der Waals surface area contributed by atoms with Crippen LogP contribution in [-0.4, -0.2) is 46.9 Å². The molecule has 4 rings (SSSR count). The topological polar surface area (TPSA) is 39.3 Å². The summed E-state index contributed by atoms with van der Waals surface area (Å²) in [6.45, 7) is 10.8. The zero-order chi connectivity index (χ0) is 19.7. The molecule has 1 saturated heterocycles. The van der Waals surface area contributed by atoms with Gasteiger partial charge in [0.05, 0.1) is 0 Å². The first-order valence-corrected chi connectivity index (χ1v) is 10.2. The molecule has 0 unspecified atom stereocenters. The van der Waals surface area contributed by atoms with Crippen LogP contribution < -0.4 is 0 Å². The number of hydrogen-bond donors (Lipinski definition) is 1. The molecule has 0 bridgehead atoms. The van der Waals surface area contributed by atoms with E-state index >= 15 is 0 Å². The van der Waals surface area contributed by atoms with E-state index in [2.05, 4.69) is 67.1 Å². The number of aryl methyl sites for hydroxylation is 3. The summed E-state index contributed by atoms with van der Waals surface area (Å²) in [4.78, 5) is 20.9. The van der Waals surface area contributed by atoms with E-state index in [0.717, 1.165) is 50.0 Å². The van der Waals surface area contributed by atoms with Crippen LogP contribution in [0.3, 0.4) is 0 Å². The molecule has 1 fully saturated rings. The molecule has 0 saturated carbocycles. The Labute approximate surface area is 167 Å². The van der Waals surface area contributed by atoms with Gasteiger partial charge in [-0.1, -0.05) is 35.9 Å². The van der Waals surface area contributed by atoms with Crippen LogP contribution in [0.5, 0.6) is 0 Å². The first kappa shape index (κ1) is 18.8. The van der Waals surface area contributed by atoms with Crippen molar-refractivity contribution in [1.29, 1.82) is 0 Å². The molecule has 28 heavy (non-hydrogen) atoms. The summed E-state index contributed by atoms with van der Waals surface area (Å²) in [6.07, 6.45) is 1.01. The summed E-state index contributed by atoms with van der Waals surface area (Å²) in [5.41, 5.74) is 6.82. The van der Waals surface area contributed by atoms with Crippen molar-refractivity contribution in [3.63, 3.8) is 0 Å². The molecule has 2 heterocycles. The lowest BCUT2D eigenvalue weighted by Crippen LogP contribution is -2.35. The van der Waals surface area contributed by atoms with E-state index in [-0.39, 0.29) is 5.91 Å². The van der Waals surface area contributed by atoms with E-state index in [1.54, 1.807) is 0 Å². The number of amides is 1. The number of aromatic nitrogens is 1. The van der Waals surface area contributed by atoms with Crippen LogP contribution in [0.15, 0.2) is 42.5 Å². The smallest absolute Gasteiger partial charge is 0.270 e. The standard InChI is InChI=1S/C24H29N3O/c1-17-5-7-20(8-6-17)16-26-9-4-10-27(12-11-26)24(28)23-15-21-19(3)13-18(2)14-22(21)25-23/h5-8,13-15,25H,4,9-12,16H2,1-3H3. The highest BCUT2D eigenvalue weighted by Crippen LogP contribution is 2.22. The lowest BCUT2D eigenvalue weighted by atomic mass is 10.1. The Morgan fingerprint density at radius 2 is 1.71 bits per heavy atom. The highest BCUT2D eigenvalue weighted by Gasteiger charge is 2.22. The Morgan fingerprint density at radius 3 is 2.50 bits per heavy atom.